The van der Waals surface area contributed by atoms with Gasteiger partial charge in [-0.2, -0.15) is 13.2 Å². The molecule has 14 heteroatoms. The van der Waals surface area contributed by atoms with Crippen LogP contribution in [-0.2, 0) is 22.7 Å². The number of anilines is 1. The molecular formula is C29H35F3N4O6S. The third-order valence-electron chi connectivity index (χ3n) is 7.38. The van der Waals surface area contributed by atoms with Crippen molar-refractivity contribution >= 4 is 21.6 Å². The van der Waals surface area contributed by atoms with E-state index < -0.39 is 39.8 Å². The van der Waals surface area contributed by atoms with Crippen LogP contribution in [0.15, 0.2) is 51.9 Å². The molecule has 0 bridgehead atoms. The van der Waals surface area contributed by atoms with Crippen molar-refractivity contribution in [1.82, 2.24) is 15.0 Å². The first kappa shape index (κ1) is 32.3. The predicted molar refractivity (Wildman–Crippen MR) is 152 cm³/mol. The van der Waals surface area contributed by atoms with E-state index >= 15 is 0 Å². The van der Waals surface area contributed by atoms with Gasteiger partial charge in [0, 0.05) is 31.2 Å². The number of nitrogens with zero attached hydrogens (tertiary/aromatic N) is 3. The molecule has 0 spiro atoms. The van der Waals surface area contributed by atoms with E-state index in [2.05, 4.69) is 9.88 Å². The van der Waals surface area contributed by atoms with Gasteiger partial charge in [0.2, 0.25) is 0 Å². The molecule has 3 aromatic rings. The minimum atomic E-state index is -4.41. The van der Waals surface area contributed by atoms with Crippen molar-refractivity contribution in [3.05, 3.63) is 70.6 Å². The lowest BCUT2D eigenvalue weighted by Gasteiger charge is -2.38. The molecule has 0 fully saturated rings. The maximum Gasteiger partial charge on any atom is 0.416 e. The van der Waals surface area contributed by atoms with Crippen LogP contribution in [-0.4, -0.2) is 73.3 Å². The monoisotopic (exact) mass is 624 g/mol. The molecule has 1 amide bonds. The molecule has 3 atom stereocenters. The lowest BCUT2D eigenvalue weighted by atomic mass is 9.99. The fourth-order valence-electron chi connectivity index (χ4n) is 5.05. The number of carbonyl (C=O) groups excluding carboxylic acids is 1. The van der Waals surface area contributed by atoms with Gasteiger partial charge in [-0.15, -0.1) is 0 Å². The topological polar surface area (TPSA) is 125 Å². The van der Waals surface area contributed by atoms with Crippen LogP contribution in [0.3, 0.4) is 0 Å². The van der Waals surface area contributed by atoms with E-state index in [-0.39, 0.29) is 52.4 Å². The van der Waals surface area contributed by atoms with Crippen molar-refractivity contribution in [2.75, 3.05) is 31.5 Å². The summed E-state index contributed by atoms with van der Waals surface area (Å²) in [4.78, 5) is 17.0. The van der Waals surface area contributed by atoms with E-state index in [4.69, 9.17) is 9.26 Å². The summed E-state index contributed by atoms with van der Waals surface area (Å²) in [6, 6.07) is 8.82. The van der Waals surface area contributed by atoms with Crippen LogP contribution in [0.1, 0.15) is 46.8 Å². The zero-order valence-corrected chi connectivity index (χ0v) is 25.3. The van der Waals surface area contributed by atoms with Crippen LogP contribution < -0.4 is 9.46 Å². The second-order valence-corrected chi connectivity index (χ2v) is 12.6. The van der Waals surface area contributed by atoms with Gasteiger partial charge in [-0.05, 0) is 63.7 Å². The average molecular weight is 625 g/mol. The largest absolute Gasteiger partial charge is 0.488 e. The van der Waals surface area contributed by atoms with Crippen LogP contribution in [0.4, 0.5) is 18.9 Å². The minimum Gasteiger partial charge on any atom is -0.488 e. The Morgan fingerprint density at radius 1 is 1.19 bits per heavy atom. The molecule has 4 rings (SSSR count). The summed E-state index contributed by atoms with van der Waals surface area (Å²) in [6.45, 7) is 7.30. The first-order chi connectivity index (χ1) is 20.1. The molecule has 2 aromatic carbocycles. The number of benzene rings is 2. The Morgan fingerprint density at radius 3 is 2.44 bits per heavy atom. The van der Waals surface area contributed by atoms with Gasteiger partial charge in [0.1, 0.15) is 17.5 Å². The van der Waals surface area contributed by atoms with E-state index in [0.29, 0.717) is 18.7 Å². The van der Waals surface area contributed by atoms with Gasteiger partial charge in [0.25, 0.3) is 15.9 Å². The van der Waals surface area contributed by atoms with Gasteiger partial charge >= 0.3 is 6.18 Å². The van der Waals surface area contributed by atoms with Crippen molar-refractivity contribution in [1.29, 1.82) is 0 Å². The number of nitrogens with one attached hydrogen (secondary N) is 1. The number of aliphatic hydroxyl groups is 1. The highest BCUT2D eigenvalue weighted by Gasteiger charge is 2.34. The maximum atomic E-state index is 13.7. The summed E-state index contributed by atoms with van der Waals surface area (Å²) in [5.74, 6) is -0.270. The quantitative estimate of drug-likeness (QED) is 0.358. The van der Waals surface area contributed by atoms with Crippen molar-refractivity contribution in [2.45, 2.75) is 57.5 Å². The fraction of sp³-hybridized carbons (Fsp3) is 0.448. The van der Waals surface area contributed by atoms with Crippen LogP contribution in [0.2, 0.25) is 0 Å². The molecule has 10 nitrogen and oxygen atoms in total. The highest BCUT2D eigenvalue weighted by Crippen LogP contribution is 2.33. The highest BCUT2D eigenvalue weighted by atomic mass is 32.2. The summed E-state index contributed by atoms with van der Waals surface area (Å²) in [6.07, 6.45) is -4.87. The van der Waals surface area contributed by atoms with E-state index in [9.17, 15) is 31.5 Å². The number of sulfonamides is 1. The number of ether oxygens (including phenoxy) is 1. The zero-order chi connectivity index (χ0) is 31.7. The van der Waals surface area contributed by atoms with Crippen LogP contribution in [0, 0.1) is 19.8 Å². The van der Waals surface area contributed by atoms with Crippen molar-refractivity contribution in [2.24, 2.45) is 5.92 Å². The fourth-order valence-corrected chi connectivity index (χ4v) is 6.43. The number of aryl methyl sites for hydroxylation is 2. The van der Waals surface area contributed by atoms with Crippen LogP contribution in [0.25, 0.3) is 0 Å². The number of halogens is 3. The number of carbonyl (C=O) groups is 1. The normalized spacial score (nSPS) is 18.6. The Morgan fingerprint density at radius 2 is 1.86 bits per heavy atom. The van der Waals surface area contributed by atoms with Crippen LogP contribution in [0.5, 0.6) is 5.75 Å². The molecule has 0 radical (unpaired) electrons. The van der Waals surface area contributed by atoms with E-state index in [1.165, 1.54) is 49.1 Å². The Bertz CT molecular complexity index is 1540. The Hall–Kier alpha value is -3.62. The summed E-state index contributed by atoms with van der Waals surface area (Å²) in [5.41, 5.74) is 0.397. The molecule has 0 saturated carbocycles. The number of aromatic nitrogens is 1. The third-order valence-corrected chi connectivity index (χ3v) is 9.00. The molecule has 0 saturated heterocycles. The number of alkyl halides is 3. The lowest BCUT2D eigenvalue weighted by molar-refractivity contribution is -0.137. The number of amides is 1. The second kappa shape index (κ2) is 12.5. The molecule has 0 aliphatic carbocycles. The van der Waals surface area contributed by atoms with Crippen molar-refractivity contribution in [3.63, 3.8) is 0 Å². The van der Waals surface area contributed by atoms with E-state index in [0.717, 1.165) is 12.1 Å². The Kier molecular flexibility index (Phi) is 9.42. The van der Waals surface area contributed by atoms with Crippen molar-refractivity contribution in [3.8, 4) is 5.75 Å². The molecular weight excluding hydrogens is 589 g/mol. The first-order valence-electron chi connectivity index (χ1n) is 13.6. The third kappa shape index (κ3) is 7.31. The summed E-state index contributed by atoms with van der Waals surface area (Å²) >= 11 is 0. The summed E-state index contributed by atoms with van der Waals surface area (Å²) in [7, 11) is -2.26. The van der Waals surface area contributed by atoms with Gasteiger partial charge in [-0.3, -0.25) is 14.4 Å². The van der Waals surface area contributed by atoms with Gasteiger partial charge in [-0.25, -0.2) is 8.42 Å². The van der Waals surface area contributed by atoms with Gasteiger partial charge in [0.05, 0.1) is 23.8 Å². The average Bonchev–Trinajstić information content (AvgIpc) is 3.28. The van der Waals surface area contributed by atoms with Gasteiger partial charge < -0.3 is 19.3 Å². The molecule has 2 heterocycles. The number of rotatable bonds is 9. The molecule has 1 aliphatic rings. The van der Waals surface area contributed by atoms with Crippen molar-refractivity contribution < 1.29 is 40.8 Å². The lowest BCUT2D eigenvalue weighted by Crippen LogP contribution is -2.49. The second-order valence-electron chi connectivity index (χ2n) is 11.0. The van der Waals surface area contributed by atoms with Gasteiger partial charge in [-0.1, -0.05) is 24.2 Å². The molecule has 234 valence electrons. The SMILES string of the molecule is Cc1noc(C)c1S(=O)(=O)Nc1ccc2c(c1)C(=O)N([C@@H](C)CO)C[C@H](C)[C@@H](CN(C)Cc1ccc(C(F)(F)F)cc1)O2. The van der Waals surface area contributed by atoms with Gasteiger partial charge in [0.15, 0.2) is 10.7 Å². The smallest absolute Gasteiger partial charge is 0.416 e. The molecule has 43 heavy (non-hydrogen) atoms. The number of likely N-dealkylation sites (N-methyl/N-ethyl adjacent to an activating group) is 1. The van der Waals surface area contributed by atoms with E-state index in [1.807, 2.05) is 18.9 Å². The molecule has 2 N–H and O–H groups in total. The number of hydrogen-bond acceptors (Lipinski definition) is 8. The molecule has 1 aromatic heterocycles. The summed E-state index contributed by atoms with van der Waals surface area (Å²) in [5, 5.41) is 13.6. The van der Waals surface area contributed by atoms with E-state index in [1.54, 1.807) is 6.92 Å². The number of fused-ring (bicyclic) bond motifs is 1. The standard InChI is InChI=1S/C29H35F3N4O6S/c1-17-13-36(18(2)16-37)28(38)24-12-23(34-43(39,40)27-19(3)33-42-20(27)4)10-11-25(24)41-26(17)15-35(5)14-21-6-8-22(9-7-21)29(30,31)32/h6-12,17-18,26,34,37H,13-16H2,1-5H3/t17-,18-,26+/m0/s1. The molecule has 0 unspecified atom stereocenters. The number of hydrogen-bond donors (Lipinski definition) is 2. The highest BCUT2D eigenvalue weighted by molar-refractivity contribution is 7.92. The van der Waals surface area contributed by atoms with Crippen LogP contribution >= 0.6 is 0 Å². The predicted octanol–water partition coefficient (Wildman–Crippen LogP) is 4.46. The minimum absolute atomic E-state index is 0.0951. The first-order valence-corrected chi connectivity index (χ1v) is 15.1. The molecule has 1 aliphatic heterocycles. The Labute approximate surface area is 248 Å². The summed E-state index contributed by atoms with van der Waals surface area (Å²) < 4.78 is 78.9. The number of aliphatic hydroxyl groups excluding tert-OH is 1. The maximum absolute atomic E-state index is 13.7. The zero-order valence-electron chi connectivity index (χ0n) is 24.5. The Balaban J connectivity index is 1.61.